The molecule has 7 nitrogen and oxygen atoms in total. The molecule has 2 N–H and O–H groups in total. The van der Waals surface area contributed by atoms with E-state index in [9.17, 15) is 14.4 Å². The summed E-state index contributed by atoms with van der Waals surface area (Å²) in [5, 5.41) is 11.1. The molecule has 0 fully saturated rings. The second kappa shape index (κ2) is 7.13. The third kappa shape index (κ3) is 4.97. The SMILES string of the molecule is COC(=O)C[C@H](NC(=O)C=Cc1ccc(C)o1)C(=O)O. The van der Waals surface area contributed by atoms with Gasteiger partial charge in [0.25, 0.3) is 0 Å². The molecular weight excluding hydrogens is 266 g/mol. The van der Waals surface area contributed by atoms with E-state index in [2.05, 4.69) is 10.1 Å². The smallest absolute Gasteiger partial charge is 0.326 e. The normalized spacial score (nSPS) is 12.1. The first-order valence-electron chi connectivity index (χ1n) is 5.77. The van der Waals surface area contributed by atoms with Crippen molar-refractivity contribution in [3.05, 3.63) is 29.7 Å². The summed E-state index contributed by atoms with van der Waals surface area (Å²) >= 11 is 0. The number of aryl methyl sites for hydroxylation is 1. The lowest BCUT2D eigenvalue weighted by Gasteiger charge is -2.11. The number of esters is 1. The van der Waals surface area contributed by atoms with E-state index in [-0.39, 0.29) is 0 Å². The Labute approximate surface area is 115 Å². The van der Waals surface area contributed by atoms with Gasteiger partial charge in [0.2, 0.25) is 5.91 Å². The predicted octanol–water partition coefficient (Wildman–Crippen LogP) is 0.734. The lowest BCUT2D eigenvalue weighted by atomic mass is 10.2. The maximum atomic E-state index is 11.6. The number of carbonyl (C=O) groups excluding carboxylic acids is 2. The highest BCUT2D eigenvalue weighted by Crippen LogP contribution is 2.07. The highest BCUT2D eigenvalue weighted by atomic mass is 16.5. The number of methoxy groups -OCH3 is 1. The summed E-state index contributed by atoms with van der Waals surface area (Å²) in [6.45, 7) is 1.76. The first kappa shape index (κ1) is 15.5. The number of hydrogen-bond acceptors (Lipinski definition) is 5. The topological polar surface area (TPSA) is 106 Å². The molecule has 1 amide bonds. The van der Waals surface area contributed by atoms with Crippen LogP contribution < -0.4 is 5.32 Å². The van der Waals surface area contributed by atoms with E-state index in [1.54, 1.807) is 19.1 Å². The molecule has 0 bridgehead atoms. The van der Waals surface area contributed by atoms with E-state index >= 15 is 0 Å². The number of furan rings is 1. The van der Waals surface area contributed by atoms with Gasteiger partial charge in [-0.2, -0.15) is 0 Å². The van der Waals surface area contributed by atoms with Crippen molar-refractivity contribution >= 4 is 23.9 Å². The van der Waals surface area contributed by atoms with Gasteiger partial charge in [-0.15, -0.1) is 0 Å². The molecule has 0 saturated carbocycles. The fraction of sp³-hybridized carbons (Fsp3) is 0.308. The molecule has 1 rings (SSSR count). The van der Waals surface area contributed by atoms with Crippen LogP contribution in [0.3, 0.4) is 0 Å². The molecule has 0 spiro atoms. The molecule has 0 aliphatic carbocycles. The number of ether oxygens (including phenoxy) is 1. The van der Waals surface area contributed by atoms with Crippen LogP contribution in [0.5, 0.6) is 0 Å². The summed E-state index contributed by atoms with van der Waals surface area (Å²) in [5.74, 6) is -1.51. The predicted molar refractivity (Wildman–Crippen MR) is 68.7 cm³/mol. The van der Waals surface area contributed by atoms with Crippen LogP contribution in [0.4, 0.5) is 0 Å². The lowest BCUT2D eigenvalue weighted by Crippen LogP contribution is -2.41. The Morgan fingerprint density at radius 1 is 1.45 bits per heavy atom. The van der Waals surface area contributed by atoms with Crippen LogP contribution >= 0.6 is 0 Å². The van der Waals surface area contributed by atoms with Crippen LogP contribution in [-0.2, 0) is 19.1 Å². The van der Waals surface area contributed by atoms with Crippen molar-refractivity contribution in [2.75, 3.05) is 7.11 Å². The highest BCUT2D eigenvalue weighted by Gasteiger charge is 2.22. The molecule has 0 aromatic carbocycles. The van der Waals surface area contributed by atoms with Crippen LogP contribution in [0.15, 0.2) is 22.6 Å². The number of carboxylic acids is 1. The second-order valence-corrected chi connectivity index (χ2v) is 3.96. The number of aliphatic carboxylic acids is 1. The van der Waals surface area contributed by atoms with E-state index in [1.165, 1.54) is 6.08 Å². The molecule has 0 unspecified atom stereocenters. The van der Waals surface area contributed by atoms with Gasteiger partial charge < -0.3 is 19.6 Å². The summed E-state index contributed by atoms with van der Waals surface area (Å²) in [4.78, 5) is 33.5. The summed E-state index contributed by atoms with van der Waals surface area (Å²) in [6.07, 6.45) is 2.09. The van der Waals surface area contributed by atoms with Crippen LogP contribution in [0, 0.1) is 6.92 Å². The molecule has 0 radical (unpaired) electrons. The average molecular weight is 281 g/mol. The van der Waals surface area contributed by atoms with Crippen LogP contribution in [0.1, 0.15) is 17.9 Å². The lowest BCUT2D eigenvalue weighted by molar-refractivity contribution is -0.148. The number of carbonyl (C=O) groups is 3. The monoisotopic (exact) mass is 281 g/mol. The largest absolute Gasteiger partial charge is 0.480 e. The first-order chi connectivity index (χ1) is 9.42. The highest BCUT2D eigenvalue weighted by molar-refractivity contribution is 5.95. The Morgan fingerprint density at radius 2 is 2.15 bits per heavy atom. The van der Waals surface area contributed by atoms with E-state index in [4.69, 9.17) is 9.52 Å². The zero-order valence-corrected chi connectivity index (χ0v) is 11.1. The number of hydrogen-bond donors (Lipinski definition) is 2. The Morgan fingerprint density at radius 3 is 2.65 bits per heavy atom. The van der Waals surface area contributed by atoms with Gasteiger partial charge in [-0.3, -0.25) is 9.59 Å². The van der Waals surface area contributed by atoms with E-state index in [0.29, 0.717) is 11.5 Å². The van der Waals surface area contributed by atoms with E-state index < -0.39 is 30.3 Å². The number of carboxylic acid groups (broad SMARTS) is 1. The Kier molecular flexibility index (Phi) is 5.52. The van der Waals surface area contributed by atoms with Crippen molar-refractivity contribution in [2.45, 2.75) is 19.4 Å². The summed E-state index contributed by atoms with van der Waals surface area (Å²) in [5.41, 5.74) is 0. The zero-order chi connectivity index (χ0) is 15.1. The summed E-state index contributed by atoms with van der Waals surface area (Å²) in [7, 11) is 1.14. The van der Waals surface area contributed by atoms with Gasteiger partial charge >= 0.3 is 11.9 Å². The molecule has 1 heterocycles. The summed E-state index contributed by atoms with van der Waals surface area (Å²) in [6, 6.07) is 2.06. The van der Waals surface area contributed by atoms with Crippen molar-refractivity contribution in [1.82, 2.24) is 5.32 Å². The molecule has 108 valence electrons. The minimum atomic E-state index is -1.34. The standard InChI is InChI=1S/C13H15NO6/c1-8-3-4-9(20-8)5-6-11(15)14-10(13(17)18)7-12(16)19-2/h3-6,10H,7H2,1-2H3,(H,14,15)(H,17,18)/t10-/m0/s1. The van der Waals surface area contributed by atoms with Gasteiger partial charge in [0, 0.05) is 6.08 Å². The molecular formula is C13H15NO6. The van der Waals surface area contributed by atoms with Crippen LogP contribution in [-0.4, -0.2) is 36.1 Å². The second-order valence-electron chi connectivity index (χ2n) is 3.96. The van der Waals surface area contributed by atoms with E-state index in [1.807, 2.05) is 0 Å². The third-order valence-electron chi connectivity index (χ3n) is 2.37. The number of amides is 1. The van der Waals surface area contributed by atoms with Crippen molar-refractivity contribution in [2.24, 2.45) is 0 Å². The van der Waals surface area contributed by atoms with Gasteiger partial charge in [0.15, 0.2) is 0 Å². The van der Waals surface area contributed by atoms with Gasteiger partial charge in [-0.25, -0.2) is 4.79 Å². The van der Waals surface area contributed by atoms with Crippen molar-refractivity contribution in [3.8, 4) is 0 Å². The maximum absolute atomic E-state index is 11.6. The van der Waals surface area contributed by atoms with Crippen molar-refractivity contribution in [3.63, 3.8) is 0 Å². The molecule has 0 saturated heterocycles. The molecule has 7 heteroatoms. The Balaban J connectivity index is 2.60. The molecule has 1 aromatic rings. The minimum Gasteiger partial charge on any atom is -0.480 e. The fourth-order valence-corrected chi connectivity index (χ4v) is 1.37. The zero-order valence-electron chi connectivity index (χ0n) is 11.1. The van der Waals surface area contributed by atoms with E-state index in [0.717, 1.165) is 13.2 Å². The van der Waals surface area contributed by atoms with Gasteiger partial charge in [-0.05, 0) is 25.1 Å². The van der Waals surface area contributed by atoms with Crippen molar-refractivity contribution < 1.29 is 28.6 Å². The van der Waals surface area contributed by atoms with Crippen molar-refractivity contribution in [1.29, 1.82) is 0 Å². The Hall–Kier alpha value is -2.57. The molecule has 20 heavy (non-hydrogen) atoms. The molecule has 1 atom stereocenters. The van der Waals surface area contributed by atoms with Crippen LogP contribution in [0.25, 0.3) is 6.08 Å². The third-order valence-corrected chi connectivity index (χ3v) is 2.37. The fourth-order valence-electron chi connectivity index (χ4n) is 1.37. The van der Waals surface area contributed by atoms with Gasteiger partial charge in [-0.1, -0.05) is 0 Å². The van der Waals surface area contributed by atoms with Gasteiger partial charge in [0.05, 0.1) is 13.5 Å². The summed E-state index contributed by atoms with van der Waals surface area (Å²) < 4.78 is 9.57. The Bertz CT molecular complexity index is 531. The molecule has 0 aliphatic rings. The maximum Gasteiger partial charge on any atom is 0.326 e. The number of rotatable bonds is 6. The minimum absolute atomic E-state index is 0.439. The van der Waals surface area contributed by atoms with Gasteiger partial charge in [0.1, 0.15) is 17.6 Å². The molecule has 1 aromatic heterocycles. The quantitative estimate of drug-likeness (QED) is 0.588. The van der Waals surface area contributed by atoms with Crippen LogP contribution in [0.2, 0.25) is 0 Å². The molecule has 0 aliphatic heterocycles. The first-order valence-corrected chi connectivity index (χ1v) is 5.77. The number of nitrogens with one attached hydrogen (secondary N) is 1. The average Bonchev–Trinajstić information content (AvgIpc) is 2.81.